The van der Waals surface area contributed by atoms with Crippen LogP contribution in [0.15, 0.2) is 48.5 Å². The molecule has 0 unspecified atom stereocenters. The lowest BCUT2D eigenvalue weighted by molar-refractivity contribution is 0.0793. The average molecular weight is 392 g/mol. The fraction of sp³-hybridized carbons (Fsp3) is 0.273. The summed E-state index contributed by atoms with van der Waals surface area (Å²) in [6, 6.07) is 14.7. The second-order valence-corrected chi connectivity index (χ2v) is 7.10. The van der Waals surface area contributed by atoms with Crippen molar-refractivity contribution >= 4 is 28.5 Å². The maximum Gasteiger partial charge on any atom is 0.319 e. The van der Waals surface area contributed by atoms with E-state index < -0.39 is 0 Å². The van der Waals surface area contributed by atoms with Crippen LogP contribution in [-0.4, -0.2) is 42.0 Å². The number of hydrogen-bond donors (Lipinski definition) is 3. The van der Waals surface area contributed by atoms with E-state index in [1.165, 1.54) is 7.11 Å². The molecule has 1 aliphatic rings. The number of carbonyl (C=O) groups is 2. The number of hydrogen-bond acceptors (Lipinski definition) is 3. The van der Waals surface area contributed by atoms with Crippen LogP contribution in [0.5, 0.6) is 5.75 Å². The molecule has 1 saturated heterocycles. The monoisotopic (exact) mass is 392 g/mol. The normalized spacial score (nSPS) is 13.5. The number of H-pyrrole nitrogens is 1. The molecule has 1 aromatic heterocycles. The number of likely N-dealkylation sites (tertiary alicyclic amines) is 1. The molecule has 1 fully saturated rings. The van der Waals surface area contributed by atoms with Crippen molar-refractivity contribution < 1.29 is 14.3 Å². The second kappa shape index (κ2) is 8.26. The average Bonchev–Trinajstić information content (AvgIpc) is 3.41. The fourth-order valence-electron chi connectivity index (χ4n) is 3.61. The van der Waals surface area contributed by atoms with Crippen molar-refractivity contribution in [2.75, 3.05) is 25.5 Å². The summed E-state index contributed by atoms with van der Waals surface area (Å²) < 4.78 is 5.34. The highest BCUT2D eigenvalue weighted by atomic mass is 16.5. The zero-order chi connectivity index (χ0) is 20.2. The summed E-state index contributed by atoms with van der Waals surface area (Å²) in [6.07, 6.45) is 2.06. The van der Waals surface area contributed by atoms with Crippen LogP contribution in [0.25, 0.3) is 10.9 Å². The number of anilines is 1. The van der Waals surface area contributed by atoms with Gasteiger partial charge >= 0.3 is 6.03 Å². The summed E-state index contributed by atoms with van der Waals surface area (Å²) >= 11 is 0. The number of aromatic amines is 1. The molecule has 150 valence electrons. The molecule has 0 saturated carbocycles. The number of benzene rings is 2. The number of carbonyl (C=O) groups excluding carboxylic acids is 2. The van der Waals surface area contributed by atoms with Gasteiger partial charge in [0.15, 0.2) is 0 Å². The maximum atomic E-state index is 12.6. The standard InChI is InChI=1S/C22H24N4O3/c1-29-20-9-8-16(21(27)26-10-4-5-11-26)13-19(20)25-22(28)23-14-17-12-15-6-2-3-7-18(15)24-17/h2-3,6-9,12-13,24H,4-5,10-11,14H2,1H3,(H2,23,25,28). The number of aromatic nitrogens is 1. The van der Waals surface area contributed by atoms with Crippen molar-refractivity contribution in [2.45, 2.75) is 19.4 Å². The molecule has 7 nitrogen and oxygen atoms in total. The third-order valence-corrected chi connectivity index (χ3v) is 5.11. The highest BCUT2D eigenvalue weighted by Crippen LogP contribution is 2.27. The van der Waals surface area contributed by atoms with E-state index in [4.69, 9.17) is 4.74 Å². The predicted octanol–water partition coefficient (Wildman–Crippen LogP) is 3.73. The van der Waals surface area contributed by atoms with Crippen molar-refractivity contribution in [1.29, 1.82) is 0 Å². The molecule has 1 aliphatic heterocycles. The van der Waals surface area contributed by atoms with Crippen molar-refractivity contribution in [2.24, 2.45) is 0 Å². The van der Waals surface area contributed by atoms with Gasteiger partial charge in [-0.25, -0.2) is 4.79 Å². The number of ether oxygens (including phenoxy) is 1. The molecular weight excluding hydrogens is 368 g/mol. The Bertz CT molecular complexity index is 1000. The first-order valence-corrected chi connectivity index (χ1v) is 9.73. The Morgan fingerprint density at radius 2 is 1.90 bits per heavy atom. The Morgan fingerprint density at radius 3 is 2.66 bits per heavy atom. The van der Waals surface area contributed by atoms with Gasteiger partial charge in [0.25, 0.3) is 5.91 Å². The number of amides is 3. The van der Waals surface area contributed by atoms with Gasteiger partial charge in [0.05, 0.1) is 19.3 Å². The predicted molar refractivity (Wildman–Crippen MR) is 112 cm³/mol. The lowest BCUT2D eigenvalue weighted by atomic mass is 10.1. The number of rotatable bonds is 5. The molecule has 0 radical (unpaired) electrons. The summed E-state index contributed by atoms with van der Waals surface area (Å²) in [7, 11) is 1.53. The van der Waals surface area contributed by atoms with Crippen molar-refractivity contribution in [1.82, 2.24) is 15.2 Å². The van der Waals surface area contributed by atoms with Crippen LogP contribution in [0.3, 0.4) is 0 Å². The smallest absolute Gasteiger partial charge is 0.319 e. The van der Waals surface area contributed by atoms with E-state index in [-0.39, 0.29) is 11.9 Å². The number of nitrogens with one attached hydrogen (secondary N) is 3. The molecule has 2 aromatic carbocycles. The van der Waals surface area contributed by atoms with E-state index in [0.717, 1.165) is 42.5 Å². The minimum atomic E-state index is -0.368. The summed E-state index contributed by atoms with van der Waals surface area (Å²) in [5.41, 5.74) is 2.94. The van der Waals surface area contributed by atoms with Crippen LogP contribution in [0, 0.1) is 0 Å². The molecule has 0 atom stereocenters. The Balaban J connectivity index is 1.43. The van der Waals surface area contributed by atoms with Gasteiger partial charge in [-0.3, -0.25) is 4.79 Å². The highest BCUT2D eigenvalue weighted by molar-refractivity contribution is 5.98. The topological polar surface area (TPSA) is 86.5 Å². The molecule has 29 heavy (non-hydrogen) atoms. The lowest BCUT2D eigenvalue weighted by Crippen LogP contribution is -2.29. The van der Waals surface area contributed by atoms with Crippen LogP contribution in [0.1, 0.15) is 28.9 Å². The van der Waals surface area contributed by atoms with Gasteiger partial charge in [-0.1, -0.05) is 18.2 Å². The minimum Gasteiger partial charge on any atom is -0.495 e. The highest BCUT2D eigenvalue weighted by Gasteiger charge is 2.21. The van der Waals surface area contributed by atoms with Crippen molar-refractivity contribution in [3.8, 4) is 5.75 Å². The van der Waals surface area contributed by atoms with E-state index in [1.807, 2.05) is 35.2 Å². The first kappa shape index (κ1) is 18.9. The van der Waals surface area contributed by atoms with E-state index in [2.05, 4.69) is 15.6 Å². The number of methoxy groups -OCH3 is 1. The van der Waals surface area contributed by atoms with Gasteiger partial charge in [0.1, 0.15) is 5.75 Å². The van der Waals surface area contributed by atoms with Crippen molar-refractivity contribution in [3.63, 3.8) is 0 Å². The molecule has 0 spiro atoms. The van der Waals surface area contributed by atoms with Crippen LogP contribution in [0.4, 0.5) is 10.5 Å². The van der Waals surface area contributed by atoms with Gasteiger partial charge in [-0.2, -0.15) is 0 Å². The molecule has 7 heteroatoms. The van der Waals surface area contributed by atoms with Gasteiger partial charge in [-0.05, 0) is 48.6 Å². The number of nitrogens with zero attached hydrogens (tertiary/aromatic N) is 1. The number of para-hydroxylation sites is 1. The third-order valence-electron chi connectivity index (χ3n) is 5.11. The molecule has 2 heterocycles. The Kier molecular flexibility index (Phi) is 5.37. The largest absolute Gasteiger partial charge is 0.495 e. The Morgan fingerprint density at radius 1 is 1.10 bits per heavy atom. The quantitative estimate of drug-likeness (QED) is 0.618. The van der Waals surface area contributed by atoms with Crippen molar-refractivity contribution in [3.05, 3.63) is 59.8 Å². The molecule has 3 aromatic rings. The zero-order valence-corrected chi connectivity index (χ0v) is 16.3. The molecule has 3 amide bonds. The summed E-state index contributed by atoms with van der Waals surface area (Å²) in [5, 5.41) is 6.72. The maximum absolute atomic E-state index is 12.6. The molecule has 0 bridgehead atoms. The molecule has 3 N–H and O–H groups in total. The lowest BCUT2D eigenvalue weighted by Gasteiger charge is -2.17. The van der Waals surface area contributed by atoms with E-state index in [9.17, 15) is 9.59 Å². The van der Waals surface area contributed by atoms with Gasteiger partial charge in [0.2, 0.25) is 0 Å². The third kappa shape index (κ3) is 4.18. The zero-order valence-electron chi connectivity index (χ0n) is 16.3. The first-order valence-electron chi connectivity index (χ1n) is 9.73. The summed E-state index contributed by atoms with van der Waals surface area (Å²) in [6.45, 7) is 1.91. The van der Waals surface area contributed by atoms with Crippen LogP contribution >= 0.6 is 0 Å². The SMILES string of the molecule is COc1ccc(C(=O)N2CCCC2)cc1NC(=O)NCc1cc2ccccc2[nH]1. The number of fused-ring (bicyclic) bond motifs is 1. The Labute approximate surface area is 169 Å². The molecule has 4 rings (SSSR count). The van der Waals surface area contributed by atoms with Crippen LogP contribution in [-0.2, 0) is 6.54 Å². The second-order valence-electron chi connectivity index (χ2n) is 7.10. The van der Waals surface area contributed by atoms with E-state index >= 15 is 0 Å². The summed E-state index contributed by atoms with van der Waals surface area (Å²) in [4.78, 5) is 30.2. The number of urea groups is 1. The molecule has 0 aliphatic carbocycles. The first-order chi connectivity index (χ1) is 14.1. The van der Waals surface area contributed by atoms with Gasteiger partial charge in [0, 0.05) is 29.9 Å². The Hall–Kier alpha value is -3.48. The minimum absolute atomic E-state index is 0.0216. The van der Waals surface area contributed by atoms with Crippen LogP contribution in [0.2, 0.25) is 0 Å². The molecular formula is C22H24N4O3. The summed E-state index contributed by atoms with van der Waals surface area (Å²) in [5.74, 6) is 0.482. The van der Waals surface area contributed by atoms with E-state index in [1.54, 1.807) is 18.2 Å². The fourth-order valence-corrected chi connectivity index (χ4v) is 3.61. The van der Waals surface area contributed by atoms with Gasteiger partial charge < -0.3 is 25.3 Å². The van der Waals surface area contributed by atoms with E-state index in [0.29, 0.717) is 23.5 Å². The van der Waals surface area contributed by atoms with Gasteiger partial charge in [-0.15, -0.1) is 0 Å². The van der Waals surface area contributed by atoms with Crippen LogP contribution < -0.4 is 15.4 Å².